The zero-order chi connectivity index (χ0) is 19.9. The van der Waals surface area contributed by atoms with Crippen LogP contribution in [0.2, 0.25) is 0 Å². The van der Waals surface area contributed by atoms with Gasteiger partial charge in [-0.05, 0) is 67.8 Å². The highest BCUT2D eigenvalue weighted by Gasteiger charge is 2.30. The third kappa shape index (κ3) is 6.80. The Bertz CT molecular complexity index is 631. The highest BCUT2D eigenvalue weighted by molar-refractivity contribution is 7.80. The molecular formula is C22H34N2O2S. The summed E-state index contributed by atoms with van der Waals surface area (Å²) in [6.45, 7) is 9.67. The number of carbonyl (C=O) groups is 1. The smallest absolute Gasteiger partial charge is 0.261 e. The van der Waals surface area contributed by atoms with Gasteiger partial charge in [0, 0.05) is 6.04 Å². The molecule has 0 heterocycles. The minimum atomic E-state index is -0.219. The summed E-state index contributed by atoms with van der Waals surface area (Å²) in [4.78, 5) is 12.6. The van der Waals surface area contributed by atoms with Crippen LogP contribution in [0.25, 0.3) is 0 Å². The van der Waals surface area contributed by atoms with Crippen LogP contribution in [0.15, 0.2) is 24.3 Å². The maximum Gasteiger partial charge on any atom is 0.261 e. The standard InChI is InChI=1S/C22H34N2O2S/c1-5-6-15-26-19-10-8-7-9-18(19)20(25)24-21(27)23-17-13-11-16(12-14-17)22(2,3)4/h7-10,16-17H,5-6,11-15H2,1-4H3,(H2,23,24,25,27). The van der Waals surface area contributed by atoms with Crippen LogP contribution in [-0.2, 0) is 0 Å². The van der Waals surface area contributed by atoms with Gasteiger partial charge < -0.3 is 10.1 Å². The van der Waals surface area contributed by atoms with Gasteiger partial charge in [0.2, 0.25) is 0 Å². The van der Waals surface area contributed by atoms with Gasteiger partial charge in [-0.25, -0.2) is 0 Å². The molecule has 0 bridgehead atoms. The number of rotatable bonds is 6. The largest absolute Gasteiger partial charge is 0.493 e. The summed E-state index contributed by atoms with van der Waals surface area (Å²) in [6, 6.07) is 7.66. The number of benzene rings is 1. The van der Waals surface area contributed by atoms with Crippen molar-refractivity contribution in [3.05, 3.63) is 29.8 Å². The minimum absolute atomic E-state index is 0.219. The van der Waals surface area contributed by atoms with E-state index in [-0.39, 0.29) is 5.91 Å². The van der Waals surface area contributed by atoms with Crippen molar-refractivity contribution in [1.29, 1.82) is 0 Å². The van der Waals surface area contributed by atoms with Gasteiger partial charge >= 0.3 is 0 Å². The van der Waals surface area contributed by atoms with Crippen molar-refractivity contribution < 1.29 is 9.53 Å². The molecule has 1 amide bonds. The number of nitrogens with one attached hydrogen (secondary N) is 2. The molecule has 5 heteroatoms. The third-order valence-corrected chi connectivity index (χ3v) is 5.62. The zero-order valence-corrected chi connectivity index (χ0v) is 18.0. The summed E-state index contributed by atoms with van der Waals surface area (Å²) in [5.41, 5.74) is 0.885. The molecular weight excluding hydrogens is 356 g/mol. The van der Waals surface area contributed by atoms with Crippen molar-refractivity contribution in [2.45, 2.75) is 72.3 Å². The highest BCUT2D eigenvalue weighted by Crippen LogP contribution is 2.37. The van der Waals surface area contributed by atoms with E-state index in [4.69, 9.17) is 17.0 Å². The molecule has 1 aromatic carbocycles. The van der Waals surface area contributed by atoms with E-state index in [2.05, 4.69) is 38.3 Å². The van der Waals surface area contributed by atoms with Crippen LogP contribution < -0.4 is 15.4 Å². The number of unbranched alkanes of at least 4 members (excludes halogenated alkanes) is 1. The van der Waals surface area contributed by atoms with E-state index in [1.807, 2.05) is 18.2 Å². The molecule has 1 aromatic rings. The molecule has 0 unspecified atom stereocenters. The molecule has 0 radical (unpaired) electrons. The molecule has 1 aliphatic carbocycles. The van der Waals surface area contributed by atoms with Crippen LogP contribution in [0.4, 0.5) is 0 Å². The SMILES string of the molecule is CCCCOc1ccccc1C(=O)NC(=S)NC1CCC(C(C)(C)C)CC1. The number of para-hydroxylation sites is 1. The van der Waals surface area contributed by atoms with E-state index >= 15 is 0 Å². The fourth-order valence-electron chi connectivity index (χ4n) is 3.60. The maximum absolute atomic E-state index is 12.6. The fraction of sp³-hybridized carbons (Fsp3) is 0.636. The molecule has 4 nitrogen and oxygen atoms in total. The van der Waals surface area contributed by atoms with Crippen LogP contribution >= 0.6 is 12.2 Å². The van der Waals surface area contributed by atoms with Gasteiger partial charge in [-0.2, -0.15) is 0 Å². The molecule has 150 valence electrons. The van der Waals surface area contributed by atoms with Gasteiger partial charge in [0.15, 0.2) is 5.11 Å². The Morgan fingerprint density at radius 1 is 1.19 bits per heavy atom. The van der Waals surface area contributed by atoms with Crippen molar-refractivity contribution >= 4 is 23.2 Å². The molecule has 0 atom stereocenters. The van der Waals surface area contributed by atoms with E-state index in [1.54, 1.807) is 6.07 Å². The molecule has 2 N–H and O–H groups in total. The normalized spacial score (nSPS) is 20.0. The highest BCUT2D eigenvalue weighted by atomic mass is 32.1. The molecule has 1 saturated carbocycles. The Hall–Kier alpha value is -1.62. The lowest BCUT2D eigenvalue weighted by atomic mass is 9.71. The maximum atomic E-state index is 12.6. The van der Waals surface area contributed by atoms with E-state index in [0.29, 0.717) is 34.5 Å². The third-order valence-electron chi connectivity index (χ3n) is 5.40. The van der Waals surface area contributed by atoms with Gasteiger partial charge in [0.1, 0.15) is 5.75 Å². The van der Waals surface area contributed by atoms with E-state index < -0.39 is 0 Å². The Balaban J connectivity index is 1.85. The summed E-state index contributed by atoms with van der Waals surface area (Å²) in [5.74, 6) is 1.14. The van der Waals surface area contributed by atoms with Crippen molar-refractivity contribution in [2.24, 2.45) is 11.3 Å². The second-order valence-corrected chi connectivity index (χ2v) is 8.95. The average molecular weight is 391 g/mol. The molecule has 2 rings (SSSR count). The van der Waals surface area contributed by atoms with Crippen molar-refractivity contribution in [3.8, 4) is 5.75 Å². The molecule has 0 saturated heterocycles. The number of amides is 1. The Labute approximate surface area is 169 Å². The summed E-state index contributed by atoms with van der Waals surface area (Å²) in [6.07, 6.45) is 6.61. The van der Waals surface area contributed by atoms with Gasteiger partial charge in [-0.1, -0.05) is 46.2 Å². The van der Waals surface area contributed by atoms with E-state index in [1.165, 1.54) is 12.8 Å². The predicted molar refractivity (Wildman–Crippen MR) is 115 cm³/mol. The molecule has 1 fully saturated rings. The Morgan fingerprint density at radius 3 is 2.48 bits per heavy atom. The molecule has 27 heavy (non-hydrogen) atoms. The minimum Gasteiger partial charge on any atom is -0.493 e. The van der Waals surface area contributed by atoms with Gasteiger partial charge in [-0.15, -0.1) is 0 Å². The van der Waals surface area contributed by atoms with Crippen LogP contribution in [-0.4, -0.2) is 23.7 Å². The van der Waals surface area contributed by atoms with Gasteiger partial charge in [-0.3, -0.25) is 10.1 Å². The quantitative estimate of drug-likeness (QED) is 0.526. The first kappa shape index (κ1) is 21.7. The van der Waals surface area contributed by atoms with Crippen LogP contribution in [0, 0.1) is 11.3 Å². The number of carbonyl (C=O) groups excluding carboxylic acids is 1. The number of ether oxygens (including phenoxy) is 1. The second kappa shape index (κ2) is 10.1. The van der Waals surface area contributed by atoms with E-state index in [0.717, 1.165) is 31.6 Å². The predicted octanol–water partition coefficient (Wildman–Crippen LogP) is 5.07. The van der Waals surface area contributed by atoms with Gasteiger partial charge in [0.25, 0.3) is 5.91 Å². The van der Waals surface area contributed by atoms with Crippen molar-refractivity contribution in [3.63, 3.8) is 0 Å². The number of hydrogen-bond acceptors (Lipinski definition) is 3. The summed E-state index contributed by atoms with van der Waals surface area (Å²) in [7, 11) is 0. The second-order valence-electron chi connectivity index (χ2n) is 8.54. The topological polar surface area (TPSA) is 50.4 Å². The lowest BCUT2D eigenvalue weighted by molar-refractivity contribution is 0.0972. The van der Waals surface area contributed by atoms with Crippen molar-refractivity contribution in [2.75, 3.05) is 6.61 Å². The zero-order valence-electron chi connectivity index (χ0n) is 17.1. The summed E-state index contributed by atoms with van der Waals surface area (Å²) in [5, 5.41) is 6.54. The first-order chi connectivity index (χ1) is 12.8. The Kier molecular flexibility index (Phi) is 8.08. The molecule has 0 aliphatic heterocycles. The molecule has 0 aromatic heterocycles. The lowest BCUT2D eigenvalue weighted by Gasteiger charge is -2.37. The molecule has 1 aliphatic rings. The summed E-state index contributed by atoms with van der Waals surface area (Å²) >= 11 is 5.38. The summed E-state index contributed by atoms with van der Waals surface area (Å²) < 4.78 is 5.75. The Morgan fingerprint density at radius 2 is 1.85 bits per heavy atom. The van der Waals surface area contributed by atoms with Crippen molar-refractivity contribution in [1.82, 2.24) is 10.6 Å². The monoisotopic (exact) mass is 390 g/mol. The number of thiocarbonyl (C=S) groups is 1. The lowest BCUT2D eigenvalue weighted by Crippen LogP contribution is -2.46. The first-order valence-electron chi connectivity index (χ1n) is 10.1. The van der Waals surface area contributed by atoms with Crippen LogP contribution in [0.1, 0.15) is 76.6 Å². The average Bonchev–Trinajstić information content (AvgIpc) is 2.62. The van der Waals surface area contributed by atoms with Crippen LogP contribution in [0.3, 0.4) is 0 Å². The first-order valence-corrected chi connectivity index (χ1v) is 10.6. The van der Waals surface area contributed by atoms with E-state index in [9.17, 15) is 4.79 Å². The fourth-order valence-corrected chi connectivity index (χ4v) is 3.86. The molecule has 0 spiro atoms. The van der Waals surface area contributed by atoms with Crippen LogP contribution in [0.5, 0.6) is 5.75 Å². The number of hydrogen-bond donors (Lipinski definition) is 2. The van der Waals surface area contributed by atoms with Gasteiger partial charge in [0.05, 0.1) is 12.2 Å².